The normalized spacial score (nSPS) is 16.5. The molecule has 0 bridgehead atoms. The van der Waals surface area contributed by atoms with Crippen LogP contribution < -0.4 is 0 Å². The summed E-state index contributed by atoms with van der Waals surface area (Å²) in [6.07, 6.45) is 2.31. The number of hydrogen-bond donors (Lipinski definition) is 4. The Morgan fingerprint density at radius 1 is 0.500 bits per heavy atom. The minimum absolute atomic E-state index is 0.223. The van der Waals surface area contributed by atoms with Crippen LogP contribution in [0.3, 0.4) is 0 Å². The van der Waals surface area contributed by atoms with Crippen molar-refractivity contribution in [2.75, 3.05) is 40.3 Å². The van der Waals surface area contributed by atoms with Crippen LogP contribution in [0.2, 0.25) is 0 Å². The van der Waals surface area contributed by atoms with Crippen molar-refractivity contribution in [1.82, 2.24) is 9.80 Å². The number of aliphatic hydroxyl groups excluding tert-OH is 4. The summed E-state index contributed by atoms with van der Waals surface area (Å²) in [5, 5.41) is 36.0. The Morgan fingerprint density at radius 3 is 0.792 bits per heavy atom. The summed E-state index contributed by atoms with van der Waals surface area (Å²) in [5.74, 6) is 0. The van der Waals surface area contributed by atoms with Gasteiger partial charge in [-0.15, -0.1) is 0 Å². The van der Waals surface area contributed by atoms with Gasteiger partial charge in [0.25, 0.3) is 0 Å². The average Bonchev–Trinajstić information content (AvgIpc) is 2.47. The minimum atomic E-state index is -0.223. The van der Waals surface area contributed by atoms with Crippen molar-refractivity contribution in [3.8, 4) is 0 Å². The second-order valence-electron chi connectivity index (χ2n) is 7.16. The van der Waals surface area contributed by atoms with Crippen LogP contribution in [0, 0.1) is 0 Å². The highest BCUT2D eigenvalue weighted by Crippen LogP contribution is 1.97. The second-order valence-corrected chi connectivity index (χ2v) is 7.16. The van der Waals surface area contributed by atoms with E-state index in [0.29, 0.717) is 0 Å². The fourth-order valence-electron chi connectivity index (χ4n) is 1.85. The molecule has 0 spiro atoms. The van der Waals surface area contributed by atoms with Gasteiger partial charge in [0.05, 0.1) is 24.4 Å². The van der Waals surface area contributed by atoms with Crippen LogP contribution in [-0.4, -0.2) is 94.9 Å². The quantitative estimate of drug-likeness (QED) is 0.419. The topological polar surface area (TPSA) is 87.4 Å². The van der Waals surface area contributed by atoms with E-state index in [9.17, 15) is 0 Å². The van der Waals surface area contributed by atoms with Crippen molar-refractivity contribution in [2.45, 2.75) is 77.8 Å². The van der Waals surface area contributed by atoms with Crippen molar-refractivity contribution < 1.29 is 20.4 Å². The lowest BCUT2D eigenvalue weighted by atomic mass is 10.2. The van der Waals surface area contributed by atoms with E-state index in [1.807, 2.05) is 14.1 Å². The van der Waals surface area contributed by atoms with Crippen LogP contribution >= 0.6 is 0 Å². The molecule has 0 aliphatic heterocycles. The van der Waals surface area contributed by atoms with E-state index >= 15 is 0 Å². The summed E-state index contributed by atoms with van der Waals surface area (Å²) in [5.41, 5.74) is 0. The van der Waals surface area contributed by atoms with Crippen LogP contribution in [0.4, 0.5) is 0 Å². The summed E-state index contributed by atoms with van der Waals surface area (Å²) in [6.45, 7) is 10.7. The molecular formula is C18H42N2O4. The van der Waals surface area contributed by atoms with Gasteiger partial charge in [-0.25, -0.2) is 0 Å². The molecule has 148 valence electrons. The predicted octanol–water partition coefficient (Wildman–Crippen LogP) is 0.920. The van der Waals surface area contributed by atoms with Crippen LogP contribution in [0.5, 0.6) is 0 Å². The highest BCUT2D eigenvalue weighted by molar-refractivity contribution is 4.58. The van der Waals surface area contributed by atoms with Gasteiger partial charge in [-0.1, -0.05) is 0 Å². The standard InChI is InChI=1S/2C9H21NO2/c2*1-8(11)4-6-10(3)7-5-9(2)12/h2*8-9,11-12H,4-7H2,1-3H3. The fraction of sp³-hybridized carbons (Fsp3) is 1.00. The molecule has 0 saturated heterocycles. The third kappa shape index (κ3) is 24.0. The van der Waals surface area contributed by atoms with Crippen LogP contribution in [0.25, 0.3) is 0 Å². The van der Waals surface area contributed by atoms with Gasteiger partial charge in [0.2, 0.25) is 0 Å². The van der Waals surface area contributed by atoms with E-state index in [2.05, 4.69) is 9.80 Å². The molecule has 0 aliphatic rings. The smallest absolute Gasteiger partial charge is 0.0524 e. The zero-order chi connectivity index (χ0) is 19.1. The molecule has 0 saturated carbocycles. The first-order chi connectivity index (χ1) is 11.0. The first-order valence-electron chi connectivity index (χ1n) is 9.13. The van der Waals surface area contributed by atoms with E-state index in [-0.39, 0.29) is 24.4 Å². The van der Waals surface area contributed by atoms with E-state index < -0.39 is 0 Å². The zero-order valence-electron chi connectivity index (χ0n) is 16.6. The maximum Gasteiger partial charge on any atom is 0.0524 e. The first-order valence-corrected chi connectivity index (χ1v) is 9.13. The maximum absolute atomic E-state index is 9.00. The van der Waals surface area contributed by atoms with Crippen LogP contribution in [0.15, 0.2) is 0 Å². The fourth-order valence-corrected chi connectivity index (χ4v) is 1.85. The predicted molar refractivity (Wildman–Crippen MR) is 100 cm³/mol. The van der Waals surface area contributed by atoms with Gasteiger partial charge in [0.15, 0.2) is 0 Å². The van der Waals surface area contributed by atoms with Crippen molar-refractivity contribution >= 4 is 0 Å². The Bertz CT molecular complexity index is 211. The van der Waals surface area contributed by atoms with Crippen molar-refractivity contribution in [2.24, 2.45) is 0 Å². The number of nitrogens with zero attached hydrogens (tertiary/aromatic N) is 2. The molecule has 4 atom stereocenters. The molecule has 6 nitrogen and oxygen atoms in total. The van der Waals surface area contributed by atoms with Gasteiger partial charge >= 0.3 is 0 Å². The SMILES string of the molecule is CC(O)CCN(C)CCC(C)O.CC(O)CCN(C)CCC(C)O. The van der Waals surface area contributed by atoms with Gasteiger partial charge in [0.1, 0.15) is 0 Å². The van der Waals surface area contributed by atoms with Gasteiger partial charge < -0.3 is 30.2 Å². The molecule has 0 radical (unpaired) electrons. The van der Waals surface area contributed by atoms with Crippen molar-refractivity contribution in [3.63, 3.8) is 0 Å². The van der Waals surface area contributed by atoms with Crippen molar-refractivity contribution in [1.29, 1.82) is 0 Å². The molecule has 4 N–H and O–H groups in total. The van der Waals surface area contributed by atoms with E-state index in [1.165, 1.54) is 0 Å². The Labute approximate surface area is 149 Å². The molecular weight excluding hydrogens is 308 g/mol. The highest BCUT2D eigenvalue weighted by atomic mass is 16.3. The van der Waals surface area contributed by atoms with Gasteiger partial charge in [-0.05, 0) is 67.5 Å². The zero-order valence-corrected chi connectivity index (χ0v) is 16.6. The largest absolute Gasteiger partial charge is 0.393 e. The number of hydrogen-bond acceptors (Lipinski definition) is 6. The Hall–Kier alpha value is -0.240. The van der Waals surface area contributed by atoms with E-state index in [4.69, 9.17) is 20.4 Å². The van der Waals surface area contributed by atoms with Crippen LogP contribution in [-0.2, 0) is 0 Å². The summed E-state index contributed by atoms with van der Waals surface area (Å²) >= 11 is 0. The molecule has 0 aromatic heterocycles. The van der Waals surface area contributed by atoms with E-state index in [1.54, 1.807) is 27.7 Å². The Balaban J connectivity index is 0. The summed E-state index contributed by atoms with van der Waals surface area (Å²) in [6, 6.07) is 0. The number of rotatable bonds is 12. The molecule has 0 heterocycles. The molecule has 6 heteroatoms. The third-order valence-corrected chi connectivity index (χ3v) is 3.71. The molecule has 0 rings (SSSR count). The summed E-state index contributed by atoms with van der Waals surface area (Å²) in [7, 11) is 4.01. The highest BCUT2D eigenvalue weighted by Gasteiger charge is 2.03. The minimum Gasteiger partial charge on any atom is -0.393 e. The molecule has 0 amide bonds. The molecule has 24 heavy (non-hydrogen) atoms. The second kappa shape index (κ2) is 16.2. The summed E-state index contributed by atoms with van der Waals surface area (Å²) < 4.78 is 0. The first kappa shape index (κ1) is 26.0. The summed E-state index contributed by atoms with van der Waals surface area (Å²) in [4.78, 5) is 4.25. The lowest BCUT2D eigenvalue weighted by Crippen LogP contribution is -2.25. The third-order valence-electron chi connectivity index (χ3n) is 3.71. The van der Waals surface area contributed by atoms with E-state index in [0.717, 1.165) is 51.9 Å². The lowest BCUT2D eigenvalue weighted by Gasteiger charge is -2.17. The van der Waals surface area contributed by atoms with Gasteiger partial charge in [-0.2, -0.15) is 0 Å². The van der Waals surface area contributed by atoms with Gasteiger partial charge in [0, 0.05) is 26.2 Å². The Kier molecular flexibility index (Phi) is 17.6. The Morgan fingerprint density at radius 2 is 0.667 bits per heavy atom. The molecule has 4 unspecified atom stereocenters. The van der Waals surface area contributed by atoms with Crippen molar-refractivity contribution in [3.05, 3.63) is 0 Å². The maximum atomic E-state index is 9.00. The molecule has 0 aliphatic carbocycles. The lowest BCUT2D eigenvalue weighted by molar-refractivity contribution is 0.144. The molecule has 0 aromatic rings. The monoisotopic (exact) mass is 350 g/mol. The number of aliphatic hydroxyl groups is 4. The van der Waals surface area contributed by atoms with Crippen LogP contribution in [0.1, 0.15) is 53.4 Å². The molecule has 0 aromatic carbocycles. The van der Waals surface area contributed by atoms with Gasteiger partial charge in [-0.3, -0.25) is 0 Å². The molecule has 0 fully saturated rings. The average molecular weight is 351 g/mol.